The van der Waals surface area contributed by atoms with Crippen LogP contribution in [0.3, 0.4) is 0 Å². The maximum atomic E-state index is 12.6. The summed E-state index contributed by atoms with van der Waals surface area (Å²) in [5.74, 6) is 0.315. The number of carbonyl (C=O) groups is 1. The van der Waals surface area contributed by atoms with Gasteiger partial charge in [-0.2, -0.15) is 0 Å². The molecule has 33 heavy (non-hydrogen) atoms. The molecule has 0 saturated carbocycles. The lowest BCUT2D eigenvalue weighted by atomic mass is 10.1. The number of aromatic nitrogens is 4. The number of nitrogens with zero attached hydrogens (tertiary/aromatic N) is 3. The Morgan fingerprint density at radius 2 is 1.67 bits per heavy atom. The molecule has 2 aromatic carbocycles. The van der Waals surface area contributed by atoms with Gasteiger partial charge < -0.3 is 10.3 Å². The number of amides is 1. The molecule has 0 fully saturated rings. The predicted octanol–water partition coefficient (Wildman–Crippen LogP) is 4.48. The SMILES string of the molecule is Cc1ccc(Sc2ccc(NC(=O)Cc3c(C)nc(-c4ncccn4)[nH]c3=O)cc2)cc1C. The van der Waals surface area contributed by atoms with Gasteiger partial charge in [-0.25, -0.2) is 15.0 Å². The van der Waals surface area contributed by atoms with Crippen LogP contribution in [0.15, 0.2) is 75.5 Å². The molecule has 0 aliphatic carbocycles. The summed E-state index contributed by atoms with van der Waals surface area (Å²) >= 11 is 1.67. The lowest BCUT2D eigenvalue weighted by molar-refractivity contribution is -0.115. The average molecular weight is 458 g/mol. The smallest absolute Gasteiger partial charge is 0.255 e. The fourth-order valence-electron chi connectivity index (χ4n) is 3.23. The first kappa shape index (κ1) is 22.4. The average Bonchev–Trinajstić information content (AvgIpc) is 2.80. The van der Waals surface area contributed by atoms with Crippen molar-refractivity contribution in [3.63, 3.8) is 0 Å². The molecule has 0 radical (unpaired) electrons. The topological polar surface area (TPSA) is 101 Å². The minimum atomic E-state index is -0.375. The van der Waals surface area contributed by atoms with Gasteiger partial charge in [0.15, 0.2) is 11.6 Å². The normalized spacial score (nSPS) is 10.8. The van der Waals surface area contributed by atoms with Crippen molar-refractivity contribution in [1.29, 1.82) is 0 Å². The van der Waals surface area contributed by atoms with Crippen LogP contribution in [-0.4, -0.2) is 25.8 Å². The molecule has 0 spiro atoms. The molecule has 0 aliphatic rings. The Balaban J connectivity index is 1.41. The van der Waals surface area contributed by atoms with Gasteiger partial charge in [-0.05, 0) is 74.4 Å². The molecule has 166 valence electrons. The zero-order chi connectivity index (χ0) is 23.4. The molecule has 8 heteroatoms. The van der Waals surface area contributed by atoms with Crippen LogP contribution in [0, 0.1) is 20.8 Å². The molecule has 2 N–H and O–H groups in total. The number of aromatic amines is 1. The van der Waals surface area contributed by atoms with Gasteiger partial charge in [0.1, 0.15) is 0 Å². The lowest BCUT2D eigenvalue weighted by Gasteiger charge is -2.09. The molecule has 0 atom stereocenters. The van der Waals surface area contributed by atoms with Crippen molar-refractivity contribution in [2.75, 3.05) is 5.32 Å². The maximum Gasteiger partial charge on any atom is 0.255 e. The van der Waals surface area contributed by atoms with Gasteiger partial charge in [-0.3, -0.25) is 9.59 Å². The third kappa shape index (κ3) is 5.53. The molecule has 0 saturated heterocycles. The number of nitrogens with one attached hydrogen (secondary N) is 2. The zero-order valence-corrected chi connectivity index (χ0v) is 19.4. The van der Waals surface area contributed by atoms with Gasteiger partial charge in [0.2, 0.25) is 5.91 Å². The summed E-state index contributed by atoms with van der Waals surface area (Å²) in [6.45, 7) is 5.89. The Hall–Kier alpha value is -3.78. The van der Waals surface area contributed by atoms with Crippen molar-refractivity contribution in [3.8, 4) is 11.6 Å². The summed E-state index contributed by atoms with van der Waals surface area (Å²) < 4.78 is 0. The summed E-state index contributed by atoms with van der Waals surface area (Å²) in [5.41, 5.74) is 3.60. The van der Waals surface area contributed by atoms with Gasteiger partial charge in [-0.1, -0.05) is 17.8 Å². The van der Waals surface area contributed by atoms with Gasteiger partial charge in [0, 0.05) is 39.1 Å². The Morgan fingerprint density at radius 3 is 2.33 bits per heavy atom. The second-order valence-electron chi connectivity index (χ2n) is 7.65. The molecule has 0 unspecified atom stereocenters. The molecule has 2 aromatic heterocycles. The number of hydrogen-bond donors (Lipinski definition) is 2. The molecule has 7 nitrogen and oxygen atoms in total. The fraction of sp³-hybridized carbons (Fsp3) is 0.160. The maximum absolute atomic E-state index is 12.6. The van der Waals surface area contributed by atoms with Crippen molar-refractivity contribution in [2.24, 2.45) is 0 Å². The van der Waals surface area contributed by atoms with Crippen LogP contribution < -0.4 is 10.9 Å². The first-order valence-electron chi connectivity index (χ1n) is 10.4. The van der Waals surface area contributed by atoms with E-state index in [2.05, 4.69) is 57.3 Å². The summed E-state index contributed by atoms with van der Waals surface area (Å²) in [6, 6.07) is 15.7. The standard InChI is InChI=1S/C25H23N5O2S/c1-15-5-8-20(13-16(15)2)33-19-9-6-18(7-10-19)29-22(31)14-21-17(3)28-24(30-25(21)32)23-26-11-4-12-27-23/h4-13H,14H2,1-3H3,(H,29,31)(H,28,30,32). The van der Waals surface area contributed by atoms with E-state index in [0.29, 0.717) is 22.8 Å². The van der Waals surface area contributed by atoms with Crippen molar-refractivity contribution < 1.29 is 4.79 Å². The van der Waals surface area contributed by atoms with E-state index in [1.165, 1.54) is 16.0 Å². The van der Waals surface area contributed by atoms with Gasteiger partial charge in [0.25, 0.3) is 5.56 Å². The number of anilines is 1. The highest BCUT2D eigenvalue weighted by molar-refractivity contribution is 7.99. The minimum absolute atomic E-state index is 0.0801. The van der Waals surface area contributed by atoms with Crippen molar-refractivity contribution >= 4 is 23.4 Å². The van der Waals surface area contributed by atoms with E-state index in [1.807, 2.05) is 24.3 Å². The van der Waals surface area contributed by atoms with Gasteiger partial charge >= 0.3 is 0 Å². The summed E-state index contributed by atoms with van der Waals surface area (Å²) in [5, 5.41) is 2.85. The molecular formula is C25H23N5O2S. The zero-order valence-electron chi connectivity index (χ0n) is 18.5. The highest BCUT2D eigenvalue weighted by Gasteiger charge is 2.14. The largest absolute Gasteiger partial charge is 0.326 e. The van der Waals surface area contributed by atoms with Crippen molar-refractivity contribution in [1.82, 2.24) is 19.9 Å². The van der Waals surface area contributed by atoms with E-state index in [4.69, 9.17) is 0 Å². The number of carbonyl (C=O) groups excluding carboxylic acids is 1. The number of hydrogen-bond acceptors (Lipinski definition) is 6. The molecule has 4 rings (SSSR count). The Bertz CT molecular complexity index is 1350. The van der Waals surface area contributed by atoms with Crippen molar-refractivity contribution in [2.45, 2.75) is 37.0 Å². The molecule has 0 bridgehead atoms. The van der Waals surface area contributed by atoms with Crippen LogP contribution in [0.25, 0.3) is 11.6 Å². The second-order valence-corrected chi connectivity index (χ2v) is 8.80. The van der Waals surface area contributed by atoms with Crippen molar-refractivity contribution in [3.05, 3.63) is 93.7 Å². The summed E-state index contributed by atoms with van der Waals surface area (Å²) in [6.07, 6.45) is 3.07. The lowest BCUT2D eigenvalue weighted by Crippen LogP contribution is -2.24. The van der Waals surface area contributed by atoms with Crippen LogP contribution >= 0.6 is 11.8 Å². The highest BCUT2D eigenvalue weighted by atomic mass is 32.2. The summed E-state index contributed by atoms with van der Waals surface area (Å²) in [4.78, 5) is 42.6. The number of aryl methyl sites for hydroxylation is 3. The van der Waals surface area contributed by atoms with Crippen LogP contribution in [0.2, 0.25) is 0 Å². The Morgan fingerprint density at radius 1 is 0.970 bits per heavy atom. The molecular weight excluding hydrogens is 434 g/mol. The quantitative estimate of drug-likeness (QED) is 0.443. The fourth-order valence-corrected chi connectivity index (χ4v) is 4.15. The molecule has 4 aromatic rings. The Kier molecular flexibility index (Phi) is 6.65. The van der Waals surface area contributed by atoms with E-state index in [9.17, 15) is 9.59 Å². The third-order valence-corrected chi connectivity index (χ3v) is 6.19. The summed E-state index contributed by atoms with van der Waals surface area (Å²) in [7, 11) is 0. The van der Waals surface area contributed by atoms with Crippen LogP contribution in [-0.2, 0) is 11.2 Å². The first-order valence-corrected chi connectivity index (χ1v) is 11.2. The highest BCUT2D eigenvalue weighted by Crippen LogP contribution is 2.29. The number of H-pyrrole nitrogens is 1. The predicted molar refractivity (Wildman–Crippen MR) is 129 cm³/mol. The van der Waals surface area contributed by atoms with Crippen LogP contribution in [0.1, 0.15) is 22.4 Å². The van der Waals surface area contributed by atoms with Gasteiger partial charge in [-0.15, -0.1) is 0 Å². The van der Waals surface area contributed by atoms with E-state index in [0.717, 1.165) is 4.90 Å². The number of benzene rings is 2. The third-order valence-electron chi connectivity index (χ3n) is 5.19. The van der Waals surface area contributed by atoms with Gasteiger partial charge in [0.05, 0.1) is 6.42 Å². The van der Waals surface area contributed by atoms with E-state index >= 15 is 0 Å². The number of rotatable bonds is 6. The van der Waals surface area contributed by atoms with E-state index < -0.39 is 0 Å². The van der Waals surface area contributed by atoms with E-state index in [1.54, 1.807) is 37.1 Å². The molecule has 1 amide bonds. The molecule has 2 heterocycles. The molecule has 0 aliphatic heterocycles. The van der Waals surface area contributed by atoms with Crippen LogP contribution in [0.5, 0.6) is 0 Å². The second kappa shape index (κ2) is 9.79. The first-order chi connectivity index (χ1) is 15.9. The van der Waals surface area contributed by atoms with Crippen LogP contribution in [0.4, 0.5) is 5.69 Å². The van der Waals surface area contributed by atoms with E-state index in [-0.39, 0.29) is 23.7 Å². The Labute approximate surface area is 195 Å². The minimum Gasteiger partial charge on any atom is -0.326 e. The monoisotopic (exact) mass is 457 g/mol.